The van der Waals surface area contributed by atoms with Crippen LogP contribution in [0.2, 0.25) is 0 Å². The van der Waals surface area contributed by atoms with Gasteiger partial charge < -0.3 is 21.1 Å². The average molecular weight is 462 g/mol. The summed E-state index contributed by atoms with van der Waals surface area (Å²) in [5.41, 5.74) is 12.1. The van der Waals surface area contributed by atoms with Gasteiger partial charge in [-0.25, -0.2) is 4.79 Å². The topological polar surface area (TPSA) is 160 Å². The Hall–Kier alpha value is -4.24. The Balaban J connectivity index is 1.87. The minimum atomic E-state index is -1.86. The van der Waals surface area contributed by atoms with Crippen LogP contribution in [-0.4, -0.2) is 30.2 Å². The highest BCUT2D eigenvalue weighted by Gasteiger charge is 2.39. The second kappa shape index (κ2) is 10.1. The molecule has 1 atom stereocenters. The second-order valence-electron chi connectivity index (χ2n) is 7.74. The molecule has 3 aromatic rings. The van der Waals surface area contributed by atoms with Crippen molar-refractivity contribution < 1.29 is 19.1 Å². The molecule has 176 valence electrons. The molecular weight excluding hydrogens is 434 g/mol. The number of rotatable bonds is 8. The first-order chi connectivity index (χ1) is 16.2. The number of benzene rings is 3. The van der Waals surface area contributed by atoms with E-state index in [1.54, 1.807) is 67.6 Å². The predicted molar refractivity (Wildman–Crippen MR) is 129 cm³/mol. The summed E-state index contributed by atoms with van der Waals surface area (Å²) in [5, 5.41) is 14.1. The molecule has 9 nitrogen and oxygen atoms in total. The molecule has 0 aliphatic rings. The number of ether oxygens (including phenoxy) is 1. The summed E-state index contributed by atoms with van der Waals surface area (Å²) < 4.78 is 5.07. The van der Waals surface area contributed by atoms with Crippen LogP contribution in [0.1, 0.15) is 40.9 Å². The van der Waals surface area contributed by atoms with E-state index in [-0.39, 0.29) is 18.3 Å². The molecule has 0 aromatic heterocycles. The van der Waals surface area contributed by atoms with Crippen molar-refractivity contribution in [3.63, 3.8) is 0 Å². The molecule has 0 aliphatic heterocycles. The fourth-order valence-electron chi connectivity index (χ4n) is 3.57. The lowest BCUT2D eigenvalue weighted by atomic mass is 9.94. The zero-order valence-electron chi connectivity index (χ0n) is 19.0. The zero-order valence-corrected chi connectivity index (χ0v) is 19.0. The van der Waals surface area contributed by atoms with Crippen molar-refractivity contribution in [2.75, 3.05) is 6.61 Å². The average Bonchev–Trinajstić information content (AvgIpc) is 2.81. The van der Waals surface area contributed by atoms with Crippen LogP contribution in [0.4, 0.5) is 0 Å². The summed E-state index contributed by atoms with van der Waals surface area (Å²) in [5.74, 6) is -1.57. The molecule has 34 heavy (non-hydrogen) atoms. The van der Waals surface area contributed by atoms with Crippen LogP contribution in [-0.2, 0) is 26.5 Å². The highest BCUT2D eigenvalue weighted by molar-refractivity contribution is 6.07. The van der Waals surface area contributed by atoms with Crippen molar-refractivity contribution in [3.05, 3.63) is 82.9 Å². The van der Waals surface area contributed by atoms with E-state index >= 15 is 0 Å². The first kappa shape index (κ1) is 24.4. The zero-order chi connectivity index (χ0) is 24.9. The molecular formula is C25H27N5O4. The SMILES string of the molecule is CCOC(=O)C(N)(NC(C)=O)c1ccc2c(C(=O)NCc3ccc(C(=N)N)cc3)cccc2c1. The maximum absolute atomic E-state index is 12.9. The van der Waals surface area contributed by atoms with Gasteiger partial charge in [0.25, 0.3) is 5.91 Å². The van der Waals surface area contributed by atoms with Crippen molar-refractivity contribution in [1.29, 1.82) is 5.41 Å². The molecule has 2 amide bonds. The van der Waals surface area contributed by atoms with Crippen molar-refractivity contribution in [2.45, 2.75) is 26.1 Å². The molecule has 0 saturated carbocycles. The summed E-state index contributed by atoms with van der Waals surface area (Å²) in [6.45, 7) is 3.31. The van der Waals surface area contributed by atoms with Gasteiger partial charge in [0.05, 0.1) is 6.61 Å². The Morgan fingerprint density at radius 1 is 1.06 bits per heavy atom. The molecule has 0 bridgehead atoms. The first-order valence-electron chi connectivity index (χ1n) is 10.7. The van der Waals surface area contributed by atoms with Gasteiger partial charge in [-0.2, -0.15) is 0 Å². The van der Waals surface area contributed by atoms with Crippen LogP contribution in [0.3, 0.4) is 0 Å². The van der Waals surface area contributed by atoms with Gasteiger partial charge >= 0.3 is 5.97 Å². The van der Waals surface area contributed by atoms with E-state index < -0.39 is 17.5 Å². The Morgan fingerprint density at radius 3 is 2.38 bits per heavy atom. The molecule has 3 aromatic carbocycles. The molecule has 0 heterocycles. The lowest BCUT2D eigenvalue weighted by molar-refractivity contribution is -0.153. The molecule has 3 rings (SSSR count). The van der Waals surface area contributed by atoms with Crippen molar-refractivity contribution in [2.24, 2.45) is 11.5 Å². The Morgan fingerprint density at radius 2 is 1.76 bits per heavy atom. The van der Waals surface area contributed by atoms with Crippen LogP contribution >= 0.6 is 0 Å². The maximum Gasteiger partial charge on any atom is 0.351 e. The van der Waals surface area contributed by atoms with Gasteiger partial charge in [0, 0.05) is 30.2 Å². The van der Waals surface area contributed by atoms with Gasteiger partial charge in [-0.05, 0) is 35.4 Å². The third kappa shape index (κ3) is 5.21. The third-order valence-electron chi connectivity index (χ3n) is 5.27. The van der Waals surface area contributed by atoms with E-state index in [4.69, 9.17) is 21.6 Å². The minimum absolute atomic E-state index is 0.0198. The van der Waals surface area contributed by atoms with Crippen molar-refractivity contribution in [1.82, 2.24) is 10.6 Å². The molecule has 0 aliphatic carbocycles. The highest BCUT2D eigenvalue weighted by Crippen LogP contribution is 2.26. The number of nitrogen functional groups attached to an aromatic ring is 1. The third-order valence-corrected chi connectivity index (χ3v) is 5.27. The Kier molecular flexibility index (Phi) is 7.28. The Labute approximate surface area is 197 Å². The number of carbonyl (C=O) groups is 3. The maximum atomic E-state index is 12.9. The summed E-state index contributed by atoms with van der Waals surface area (Å²) in [6.07, 6.45) is 0. The lowest BCUT2D eigenvalue weighted by Gasteiger charge is -2.28. The van der Waals surface area contributed by atoms with Crippen molar-refractivity contribution >= 4 is 34.4 Å². The van der Waals surface area contributed by atoms with E-state index in [1.807, 2.05) is 0 Å². The van der Waals surface area contributed by atoms with Gasteiger partial charge in [-0.3, -0.25) is 20.7 Å². The number of nitrogens with two attached hydrogens (primary N) is 2. The number of carbonyl (C=O) groups excluding carboxylic acids is 3. The number of amidine groups is 1. The van der Waals surface area contributed by atoms with Gasteiger partial charge in [0.2, 0.25) is 11.6 Å². The minimum Gasteiger partial charge on any atom is -0.463 e. The molecule has 9 heteroatoms. The monoisotopic (exact) mass is 461 g/mol. The quantitative estimate of drug-likeness (QED) is 0.149. The molecule has 0 radical (unpaired) electrons. The smallest absolute Gasteiger partial charge is 0.351 e. The Bertz CT molecular complexity index is 1260. The fraction of sp³-hybridized carbons (Fsp3) is 0.200. The first-order valence-corrected chi connectivity index (χ1v) is 10.7. The van der Waals surface area contributed by atoms with E-state index in [2.05, 4.69) is 10.6 Å². The number of hydrogen-bond acceptors (Lipinski definition) is 6. The normalized spacial score (nSPS) is 12.4. The van der Waals surface area contributed by atoms with Crippen LogP contribution in [0.5, 0.6) is 0 Å². The number of fused-ring (bicyclic) bond motifs is 1. The summed E-state index contributed by atoms with van der Waals surface area (Å²) in [7, 11) is 0. The molecule has 0 spiro atoms. The summed E-state index contributed by atoms with van der Waals surface area (Å²) >= 11 is 0. The van der Waals surface area contributed by atoms with E-state index in [0.717, 1.165) is 5.56 Å². The molecule has 1 unspecified atom stereocenters. The van der Waals surface area contributed by atoms with Gasteiger partial charge in [0.1, 0.15) is 5.84 Å². The summed E-state index contributed by atoms with van der Waals surface area (Å²) in [6, 6.07) is 17.2. The van der Waals surface area contributed by atoms with Gasteiger partial charge in [-0.1, -0.05) is 48.5 Å². The summed E-state index contributed by atoms with van der Waals surface area (Å²) in [4.78, 5) is 37.2. The molecule has 0 saturated heterocycles. The van der Waals surface area contributed by atoms with Crippen LogP contribution in [0.15, 0.2) is 60.7 Å². The number of amides is 2. The van der Waals surface area contributed by atoms with Gasteiger partial charge in [0.15, 0.2) is 0 Å². The van der Waals surface area contributed by atoms with Crippen LogP contribution in [0, 0.1) is 5.41 Å². The fourth-order valence-corrected chi connectivity index (χ4v) is 3.57. The number of nitrogens with one attached hydrogen (secondary N) is 3. The van der Waals surface area contributed by atoms with E-state index in [1.165, 1.54) is 6.92 Å². The van der Waals surface area contributed by atoms with E-state index in [0.29, 0.717) is 34.0 Å². The van der Waals surface area contributed by atoms with Crippen LogP contribution < -0.4 is 22.1 Å². The molecule has 0 fully saturated rings. The van der Waals surface area contributed by atoms with Crippen molar-refractivity contribution in [3.8, 4) is 0 Å². The lowest BCUT2D eigenvalue weighted by Crippen LogP contribution is -2.58. The second-order valence-corrected chi connectivity index (χ2v) is 7.74. The predicted octanol–water partition coefficient (Wildman–Crippen LogP) is 1.86. The number of hydrogen-bond donors (Lipinski definition) is 5. The molecule has 7 N–H and O–H groups in total. The number of esters is 1. The van der Waals surface area contributed by atoms with Crippen LogP contribution in [0.25, 0.3) is 10.8 Å². The van der Waals surface area contributed by atoms with Gasteiger partial charge in [-0.15, -0.1) is 0 Å². The highest BCUT2D eigenvalue weighted by atomic mass is 16.5. The van der Waals surface area contributed by atoms with E-state index in [9.17, 15) is 14.4 Å². The standard InChI is InChI=1S/C25H27N5O4/c1-3-34-24(33)25(28,30-15(2)31)19-11-12-20-18(13-19)5-4-6-21(20)23(32)29-14-16-7-9-17(10-8-16)22(26)27/h4-13H,3,14,28H2,1-2H3,(H3,26,27)(H,29,32)(H,30,31). The largest absolute Gasteiger partial charge is 0.463 e.